The smallest absolute Gasteiger partial charge is 0.250 e. The number of sulfonamides is 1. The molecular weight excluding hydrogens is 292 g/mol. The molecule has 0 saturated heterocycles. The fraction of sp³-hybridized carbons (Fsp3) is 0.714. The molecule has 0 aromatic carbocycles. The van der Waals surface area contributed by atoms with Crippen molar-refractivity contribution in [1.82, 2.24) is 4.72 Å². The zero-order chi connectivity index (χ0) is 14.6. The molecule has 1 unspecified atom stereocenters. The number of thiophene rings is 1. The number of rotatable bonds is 6. The predicted octanol–water partition coefficient (Wildman–Crippen LogP) is 2.84. The van der Waals surface area contributed by atoms with Crippen molar-refractivity contribution in [3.63, 3.8) is 0 Å². The average Bonchev–Trinajstić information content (AvgIpc) is 2.95. The highest BCUT2D eigenvalue weighted by Crippen LogP contribution is 2.29. The molecule has 1 fully saturated rings. The van der Waals surface area contributed by atoms with Gasteiger partial charge in [0, 0.05) is 12.6 Å². The molecule has 0 amide bonds. The Morgan fingerprint density at radius 1 is 1.40 bits per heavy atom. The van der Waals surface area contributed by atoms with Gasteiger partial charge in [0.2, 0.25) is 10.0 Å². The lowest BCUT2D eigenvalue weighted by atomic mass is 9.83. The zero-order valence-electron chi connectivity index (χ0n) is 12.0. The molecule has 1 aromatic heterocycles. The van der Waals surface area contributed by atoms with Crippen LogP contribution in [0.1, 0.15) is 51.0 Å². The van der Waals surface area contributed by atoms with Crippen LogP contribution in [0.2, 0.25) is 0 Å². The van der Waals surface area contributed by atoms with Crippen LogP contribution in [0, 0.1) is 5.92 Å². The Balaban J connectivity index is 2.08. The predicted molar refractivity (Wildman–Crippen MR) is 83.2 cm³/mol. The Labute approximate surface area is 125 Å². The summed E-state index contributed by atoms with van der Waals surface area (Å²) >= 11 is 1.25. The summed E-state index contributed by atoms with van der Waals surface area (Å²) in [6.07, 6.45) is 6.85. The van der Waals surface area contributed by atoms with E-state index in [1.54, 1.807) is 6.07 Å². The summed E-state index contributed by atoms with van der Waals surface area (Å²) in [4.78, 5) is 0. The second kappa shape index (κ2) is 7.02. The van der Waals surface area contributed by atoms with Crippen LogP contribution >= 0.6 is 11.3 Å². The van der Waals surface area contributed by atoms with Gasteiger partial charge in [0.15, 0.2) is 0 Å². The van der Waals surface area contributed by atoms with Gasteiger partial charge < -0.3 is 5.73 Å². The summed E-state index contributed by atoms with van der Waals surface area (Å²) < 4.78 is 28.2. The van der Waals surface area contributed by atoms with Gasteiger partial charge in [-0.05, 0) is 42.2 Å². The second-order valence-corrected chi connectivity index (χ2v) is 8.36. The van der Waals surface area contributed by atoms with E-state index in [0.717, 1.165) is 24.8 Å². The molecule has 2 rings (SSSR count). The monoisotopic (exact) mass is 316 g/mol. The third kappa shape index (κ3) is 3.81. The molecule has 1 aromatic rings. The average molecular weight is 316 g/mol. The molecule has 0 aliphatic heterocycles. The molecule has 1 saturated carbocycles. The normalized spacial score (nSPS) is 19.1. The number of hydrogen-bond donors (Lipinski definition) is 2. The van der Waals surface area contributed by atoms with E-state index in [9.17, 15) is 8.42 Å². The standard InChI is InChI=1S/C14H24N2O2S2/c1-2-13(12-6-4-3-5-7-12)16-20(17,18)14-8-11(9-15)10-19-14/h8,10,12-13,16H,2-7,9,15H2,1H3. The topological polar surface area (TPSA) is 72.2 Å². The molecule has 1 atom stereocenters. The van der Waals surface area contributed by atoms with Crippen molar-refractivity contribution in [2.75, 3.05) is 0 Å². The Kier molecular flexibility index (Phi) is 5.60. The van der Waals surface area contributed by atoms with E-state index in [2.05, 4.69) is 11.6 Å². The third-order valence-electron chi connectivity index (χ3n) is 4.10. The highest BCUT2D eigenvalue weighted by Gasteiger charge is 2.27. The van der Waals surface area contributed by atoms with Crippen LogP contribution in [0.5, 0.6) is 0 Å². The molecule has 1 aliphatic rings. The third-order valence-corrected chi connectivity index (χ3v) is 7.07. The van der Waals surface area contributed by atoms with Crippen molar-refractivity contribution in [3.8, 4) is 0 Å². The van der Waals surface area contributed by atoms with Crippen molar-refractivity contribution in [2.24, 2.45) is 11.7 Å². The van der Waals surface area contributed by atoms with Gasteiger partial charge in [0.1, 0.15) is 4.21 Å². The highest BCUT2D eigenvalue weighted by atomic mass is 32.2. The molecule has 20 heavy (non-hydrogen) atoms. The summed E-state index contributed by atoms with van der Waals surface area (Å²) in [5, 5.41) is 1.82. The van der Waals surface area contributed by atoms with Gasteiger partial charge in [-0.15, -0.1) is 11.3 Å². The van der Waals surface area contributed by atoms with Crippen LogP contribution in [-0.2, 0) is 16.6 Å². The molecule has 0 bridgehead atoms. The Morgan fingerprint density at radius 3 is 2.65 bits per heavy atom. The van der Waals surface area contributed by atoms with Gasteiger partial charge in [0.25, 0.3) is 0 Å². The number of hydrogen-bond acceptors (Lipinski definition) is 4. The number of nitrogens with two attached hydrogens (primary N) is 1. The first-order chi connectivity index (χ1) is 9.56. The summed E-state index contributed by atoms with van der Waals surface area (Å²) in [6.45, 7) is 2.44. The summed E-state index contributed by atoms with van der Waals surface area (Å²) in [6, 6.07) is 1.74. The van der Waals surface area contributed by atoms with Crippen LogP contribution < -0.4 is 10.5 Å². The van der Waals surface area contributed by atoms with Crippen LogP contribution in [-0.4, -0.2) is 14.5 Å². The molecule has 1 aliphatic carbocycles. The minimum atomic E-state index is -3.40. The Morgan fingerprint density at radius 2 is 2.10 bits per heavy atom. The Bertz CT molecular complexity index is 519. The lowest BCUT2D eigenvalue weighted by Crippen LogP contribution is -2.40. The van der Waals surface area contributed by atoms with E-state index >= 15 is 0 Å². The van der Waals surface area contributed by atoms with Crippen molar-refractivity contribution >= 4 is 21.4 Å². The SMILES string of the molecule is CCC(NS(=O)(=O)c1cc(CN)cs1)C1CCCCC1. The minimum Gasteiger partial charge on any atom is -0.326 e. The molecule has 6 heteroatoms. The summed E-state index contributed by atoms with van der Waals surface area (Å²) in [5.41, 5.74) is 6.42. The number of nitrogens with one attached hydrogen (secondary N) is 1. The summed E-state index contributed by atoms with van der Waals surface area (Å²) in [7, 11) is -3.40. The second-order valence-electron chi connectivity index (χ2n) is 5.51. The largest absolute Gasteiger partial charge is 0.326 e. The van der Waals surface area contributed by atoms with E-state index < -0.39 is 10.0 Å². The van der Waals surface area contributed by atoms with Gasteiger partial charge >= 0.3 is 0 Å². The van der Waals surface area contributed by atoms with Crippen LogP contribution in [0.3, 0.4) is 0 Å². The molecule has 0 spiro atoms. The summed E-state index contributed by atoms with van der Waals surface area (Å²) in [5.74, 6) is 0.484. The van der Waals surface area contributed by atoms with Gasteiger partial charge in [-0.2, -0.15) is 0 Å². The first-order valence-electron chi connectivity index (χ1n) is 7.36. The first-order valence-corrected chi connectivity index (χ1v) is 9.73. The molecule has 4 nitrogen and oxygen atoms in total. The molecular formula is C14H24N2O2S2. The van der Waals surface area contributed by atoms with Crippen LogP contribution in [0.15, 0.2) is 15.7 Å². The van der Waals surface area contributed by atoms with Crippen LogP contribution in [0.4, 0.5) is 0 Å². The minimum absolute atomic E-state index is 0.0590. The van der Waals surface area contributed by atoms with E-state index in [1.165, 1.54) is 30.6 Å². The lowest BCUT2D eigenvalue weighted by molar-refractivity contribution is 0.285. The van der Waals surface area contributed by atoms with E-state index in [1.807, 2.05) is 5.38 Å². The first kappa shape index (κ1) is 15.9. The molecule has 0 radical (unpaired) electrons. The maximum absolute atomic E-state index is 12.4. The van der Waals surface area contributed by atoms with Gasteiger partial charge in [-0.1, -0.05) is 26.2 Å². The van der Waals surface area contributed by atoms with Crippen molar-refractivity contribution in [1.29, 1.82) is 0 Å². The van der Waals surface area contributed by atoms with E-state index in [-0.39, 0.29) is 6.04 Å². The fourth-order valence-electron chi connectivity index (χ4n) is 2.91. The highest BCUT2D eigenvalue weighted by molar-refractivity contribution is 7.91. The van der Waals surface area contributed by atoms with Crippen LogP contribution in [0.25, 0.3) is 0 Å². The van der Waals surface area contributed by atoms with Gasteiger partial charge in [0.05, 0.1) is 0 Å². The van der Waals surface area contributed by atoms with E-state index in [4.69, 9.17) is 5.73 Å². The Hall–Kier alpha value is -0.430. The maximum Gasteiger partial charge on any atom is 0.250 e. The molecule has 3 N–H and O–H groups in total. The maximum atomic E-state index is 12.4. The van der Waals surface area contributed by atoms with Gasteiger partial charge in [-0.25, -0.2) is 13.1 Å². The quantitative estimate of drug-likeness (QED) is 0.847. The molecule has 1 heterocycles. The lowest BCUT2D eigenvalue weighted by Gasteiger charge is -2.29. The van der Waals surface area contributed by atoms with E-state index in [0.29, 0.717) is 16.7 Å². The van der Waals surface area contributed by atoms with Crippen molar-refractivity contribution < 1.29 is 8.42 Å². The molecule has 114 valence electrons. The van der Waals surface area contributed by atoms with Gasteiger partial charge in [-0.3, -0.25) is 0 Å². The zero-order valence-corrected chi connectivity index (χ0v) is 13.6. The fourth-order valence-corrected chi connectivity index (χ4v) is 5.53. The van der Waals surface area contributed by atoms with Crippen molar-refractivity contribution in [3.05, 3.63) is 17.0 Å². The van der Waals surface area contributed by atoms with Crippen molar-refractivity contribution in [2.45, 2.75) is 62.2 Å².